The third kappa shape index (κ3) is 5.37. The number of carbonyl (C=O) groups excluding carboxylic acids is 3. The molecule has 3 amide bonds. The molecule has 32 heavy (non-hydrogen) atoms. The summed E-state index contributed by atoms with van der Waals surface area (Å²) >= 11 is -4.29. The number of nitrogens with one attached hydrogen (secondary N) is 3. The Balaban J connectivity index is 2.23. The average molecular weight is 493 g/mol. The number of hydrogen-bond donors (Lipinski definition) is 3. The van der Waals surface area contributed by atoms with Gasteiger partial charge in [0.15, 0.2) is 0 Å². The molecule has 0 aliphatic heterocycles. The van der Waals surface area contributed by atoms with Crippen LogP contribution in [0.2, 0.25) is 0 Å². The number of carbonyl (C=O) groups is 3. The molecule has 3 aromatic carbocycles. The van der Waals surface area contributed by atoms with E-state index in [1.54, 1.807) is 72.8 Å². The summed E-state index contributed by atoms with van der Waals surface area (Å²) in [5.41, 5.74) is 1.60. The Morgan fingerprint density at radius 1 is 0.562 bits per heavy atom. The molecule has 0 radical (unpaired) electrons. The van der Waals surface area contributed by atoms with Gasteiger partial charge in [-0.1, -0.05) is 0 Å². The van der Waals surface area contributed by atoms with Crippen LogP contribution in [0, 0.1) is 0 Å². The van der Waals surface area contributed by atoms with Gasteiger partial charge >= 0.3 is 189 Å². The summed E-state index contributed by atoms with van der Waals surface area (Å²) < 4.78 is 16.5. The SMILES string of the molecule is CC(=O)Nc1cccc([As](=O)(c2cccc(NC(C)=O)c2)c2cccc(NC(C)=O)c2)c1. The van der Waals surface area contributed by atoms with Crippen LogP contribution in [0.5, 0.6) is 0 Å². The number of rotatable bonds is 6. The van der Waals surface area contributed by atoms with E-state index < -0.39 is 13.5 Å². The molecule has 0 fully saturated rings. The Bertz CT molecular complexity index is 1090. The van der Waals surface area contributed by atoms with Gasteiger partial charge in [0, 0.05) is 0 Å². The Hall–Kier alpha value is -3.57. The van der Waals surface area contributed by atoms with E-state index in [4.69, 9.17) is 0 Å². The second kappa shape index (κ2) is 9.71. The molecule has 8 heteroatoms. The van der Waals surface area contributed by atoms with Crippen LogP contribution in [-0.2, 0) is 18.1 Å². The minimum absolute atomic E-state index is 0.232. The van der Waals surface area contributed by atoms with Crippen molar-refractivity contribution in [2.45, 2.75) is 20.8 Å². The molecule has 0 aliphatic rings. The molecular weight excluding hydrogens is 469 g/mol. The summed E-state index contributed by atoms with van der Waals surface area (Å²) in [6.45, 7) is 4.22. The van der Waals surface area contributed by atoms with Crippen molar-refractivity contribution in [1.29, 1.82) is 0 Å². The van der Waals surface area contributed by atoms with Gasteiger partial charge in [-0.2, -0.15) is 0 Å². The van der Waals surface area contributed by atoms with Crippen LogP contribution in [0.4, 0.5) is 17.1 Å². The minimum atomic E-state index is -4.29. The van der Waals surface area contributed by atoms with Crippen LogP contribution in [0.3, 0.4) is 0 Å². The normalized spacial score (nSPS) is 10.8. The zero-order valence-electron chi connectivity index (χ0n) is 18.0. The van der Waals surface area contributed by atoms with Crippen LogP contribution in [0.1, 0.15) is 20.8 Å². The topological polar surface area (TPSA) is 104 Å². The maximum atomic E-state index is 14.9. The van der Waals surface area contributed by atoms with Gasteiger partial charge in [0.2, 0.25) is 0 Å². The van der Waals surface area contributed by atoms with E-state index in [9.17, 15) is 18.1 Å². The predicted molar refractivity (Wildman–Crippen MR) is 128 cm³/mol. The van der Waals surface area contributed by atoms with E-state index in [0.29, 0.717) is 30.1 Å². The van der Waals surface area contributed by atoms with Gasteiger partial charge in [-0.15, -0.1) is 0 Å². The number of hydrogen-bond acceptors (Lipinski definition) is 4. The maximum absolute atomic E-state index is 14.9. The third-order valence-electron chi connectivity index (χ3n) is 4.59. The monoisotopic (exact) mass is 493 g/mol. The molecule has 3 rings (SSSR count). The van der Waals surface area contributed by atoms with Crippen LogP contribution in [0.15, 0.2) is 72.8 Å². The van der Waals surface area contributed by atoms with Crippen molar-refractivity contribution < 1.29 is 18.1 Å². The first kappa shape index (κ1) is 23.1. The van der Waals surface area contributed by atoms with Gasteiger partial charge in [0.1, 0.15) is 0 Å². The van der Waals surface area contributed by atoms with Crippen molar-refractivity contribution in [1.82, 2.24) is 0 Å². The van der Waals surface area contributed by atoms with Gasteiger partial charge in [-0.25, -0.2) is 0 Å². The molecule has 3 N–H and O–H groups in total. The van der Waals surface area contributed by atoms with Crippen molar-refractivity contribution in [3.63, 3.8) is 0 Å². The van der Waals surface area contributed by atoms with E-state index in [0.717, 1.165) is 0 Å². The molecule has 0 bridgehead atoms. The fourth-order valence-corrected chi connectivity index (χ4v) is 9.15. The molecule has 3 aromatic rings. The van der Waals surface area contributed by atoms with E-state index in [1.165, 1.54) is 20.8 Å². The molecule has 0 unspecified atom stereocenters. The van der Waals surface area contributed by atoms with Crippen LogP contribution < -0.4 is 29.0 Å². The number of anilines is 3. The fourth-order valence-electron chi connectivity index (χ4n) is 3.40. The standard InChI is InChI=1S/C24H24AsN3O4/c1-16(29)26-22-10-4-7-19(13-22)25(32,20-8-5-11-23(14-20)27-17(2)30)21-9-6-12-24(15-21)28-18(3)31/h4-15H,1-3H3,(H,26,29)(H,27,30)(H,28,31). The second-order valence-corrected chi connectivity index (χ2v) is 13.1. The van der Waals surface area contributed by atoms with Gasteiger partial charge in [0.05, 0.1) is 0 Å². The van der Waals surface area contributed by atoms with Gasteiger partial charge < -0.3 is 0 Å². The predicted octanol–water partition coefficient (Wildman–Crippen LogP) is 1.96. The average Bonchev–Trinajstić information content (AvgIpc) is 2.72. The van der Waals surface area contributed by atoms with Crippen molar-refractivity contribution in [2.24, 2.45) is 0 Å². The first-order valence-corrected chi connectivity index (χ1v) is 13.5. The molecule has 7 nitrogen and oxygen atoms in total. The first-order chi connectivity index (χ1) is 15.2. The molecule has 0 saturated heterocycles. The third-order valence-corrected chi connectivity index (χ3v) is 10.9. The van der Waals surface area contributed by atoms with Gasteiger partial charge in [-0.3, -0.25) is 0 Å². The Morgan fingerprint density at radius 3 is 1.09 bits per heavy atom. The molecule has 0 aliphatic carbocycles. The first-order valence-electron chi connectivity index (χ1n) is 9.93. The van der Waals surface area contributed by atoms with Crippen LogP contribution >= 0.6 is 0 Å². The molecule has 0 atom stereocenters. The second-order valence-electron chi connectivity index (χ2n) is 7.30. The molecule has 0 saturated carbocycles. The quantitative estimate of drug-likeness (QED) is 0.457. The van der Waals surface area contributed by atoms with Crippen molar-refractivity contribution in [2.75, 3.05) is 16.0 Å². The van der Waals surface area contributed by atoms with Gasteiger partial charge in [0.25, 0.3) is 0 Å². The van der Waals surface area contributed by atoms with Crippen molar-refractivity contribution >= 4 is 61.3 Å². The molecule has 0 heterocycles. The summed E-state index contributed by atoms with van der Waals surface area (Å²) in [5.74, 6) is -0.696. The molecular formula is C24H24AsN3O4. The summed E-state index contributed by atoms with van der Waals surface area (Å²) in [7, 11) is 0. The molecule has 0 spiro atoms. The van der Waals surface area contributed by atoms with Crippen LogP contribution in [0.25, 0.3) is 0 Å². The number of benzene rings is 3. The zero-order valence-corrected chi connectivity index (χ0v) is 19.9. The fraction of sp³-hybridized carbons (Fsp3) is 0.125. The van der Waals surface area contributed by atoms with E-state index in [1.807, 2.05) is 0 Å². The Morgan fingerprint density at radius 2 is 0.844 bits per heavy atom. The van der Waals surface area contributed by atoms with E-state index >= 15 is 0 Å². The Labute approximate surface area is 188 Å². The van der Waals surface area contributed by atoms with Crippen molar-refractivity contribution in [3.8, 4) is 0 Å². The Kier molecular flexibility index (Phi) is 7.01. The molecule has 164 valence electrons. The summed E-state index contributed by atoms with van der Waals surface area (Å²) in [6, 6.07) is 20.8. The summed E-state index contributed by atoms with van der Waals surface area (Å²) in [4.78, 5) is 34.7. The van der Waals surface area contributed by atoms with Crippen LogP contribution in [-0.4, -0.2) is 31.2 Å². The van der Waals surface area contributed by atoms with E-state index in [-0.39, 0.29) is 17.7 Å². The van der Waals surface area contributed by atoms with Crippen molar-refractivity contribution in [3.05, 3.63) is 72.8 Å². The summed E-state index contributed by atoms with van der Waals surface area (Å²) in [5, 5.41) is 8.19. The van der Waals surface area contributed by atoms with E-state index in [2.05, 4.69) is 16.0 Å². The molecule has 0 aromatic heterocycles. The number of amides is 3. The zero-order chi connectivity index (χ0) is 23.3. The summed E-state index contributed by atoms with van der Waals surface area (Å²) in [6.07, 6.45) is 0. The van der Waals surface area contributed by atoms with Gasteiger partial charge in [-0.05, 0) is 0 Å².